The van der Waals surface area contributed by atoms with E-state index >= 15 is 0 Å². The Morgan fingerprint density at radius 2 is 1.78 bits per heavy atom. The van der Waals surface area contributed by atoms with Crippen LogP contribution in [0.2, 0.25) is 0 Å². The Labute approximate surface area is 206 Å². The van der Waals surface area contributed by atoms with E-state index in [4.69, 9.17) is 23.7 Å². The summed E-state index contributed by atoms with van der Waals surface area (Å²) in [6.07, 6.45) is 0.757. The van der Waals surface area contributed by atoms with Gasteiger partial charge in [0.1, 0.15) is 29.9 Å². The van der Waals surface area contributed by atoms with E-state index < -0.39 is 42.0 Å². The molecule has 2 aliphatic rings. The van der Waals surface area contributed by atoms with Crippen molar-refractivity contribution < 1.29 is 36.9 Å². The quantitative estimate of drug-likeness (QED) is 0.429. The second-order valence-electron chi connectivity index (χ2n) is 8.68. The Hall–Kier alpha value is -2.65. The van der Waals surface area contributed by atoms with Gasteiger partial charge in [-0.1, -0.05) is 0 Å². The molecule has 2 fully saturated rings. The number of nitrogens with zero attached hydrogens (tertiary/aromatic N) is 4. The lowest BCUT2D eigenvalue weighted by Gasteiger charge is -2.37. The number of nitrogens with one attached hydrogen (secondary N) is 2. The Kier molecular flexibility index (Phi) is 8.51. The van der Waals surface area contributed by atoms with Gasteiger partial charge >= 0.3 is 6.18 Å². The van der Waals surface area contributed by atoms with Gasteiger partial charge in [-0.05, 0) is 13.8 Å². The summed E-state index contributed by atoms with van der Waals surface area (Å²) in [6.45, 7) is 5.76. The maximum Gasteiger partial charge on any atom is 0.434 e. The molecule has 2 aliphatic heterocycles. The molecular formula is C22H29F3N6O5. The smallest absolute Gasteiger partial charge is 0.377 e. The summed E-state index contributed by atoms with van der Waals surface area (Å²) in [5.41, 5.74) is -1.08. The molecule has 4 atom stereocenters. The molecule has 11 nitrogen and oxygen atoms in total. The SMILES string of the molecule is CC1(C)O[C@@H]2[C@H](O1)[C@@H](Nc1cncc(C(F)(F)F)n1)CO[C@@H]2COCCOCCNc1cnccn1. The van der Waals surface area contributed by atoms with Crippen LogP contribution in [0.1, 0.15) is 19.5 Å². The van der Waals surface area contributed by atoms with Crippen molar-refractivity contribution in [1.82, 2.24) is 19.9 Å². The van der Waals surface area contributed by atoms with Crippen molar-refractivity contribution in [2.75, 3.05) is 50.2 Å². The van der Waals surface area contributed by atoms with Crippen LogP contribution in [0.5, 0.6) is 0 Å². The summed E-state index contributed by atoms with van der Waals surface area (Å²) < 4.78 is 68.2. The number of hydrogen-bond donors (Lipinski definition) is 2. The zero-order valence-corrected chi connectivity index (χ0v) is 19.9. The molecular weight excluding hydrogens is 485 g/mol. The lowest BCUT2D eigenvalue weighted by atomic mass is 9.98. The maximum absolute atomic E-state index is 13.0. The standard InChI is InChI=1S/C22H29F3N6O5/c1-21(2)35-19-14(30-18-11-27-9-16(31-18)22(23,24)25)12-34-15(20(19)36-21)13-33-8-7-32-6-5-29-17-10-26-3-4-28-17/h3-4,9-11,14-15,19-20H,5-8,12-13H2,1-2H3,(H,28,29)(H,30,31)/t14-,15+,19+,20-/m0/s1. The van der Waals surface area contributed by atoms with E-state index in [0.29, 0.717) is 38.4 Å². The van der Waals surface area contributed by atoms with Crippen LogP contribution in [-0.2, 0) is 29.9 Å². The maximum atomic E-state index is 13.0. The minimum atomic E-state index is -4.59. The molecule has 0 aromatic carbocycles. The van der Waals surface area contributed by atoms with E-state index in [0.717, 1.165) is 0 Å². The molecule has 198 valence electrons. The first-order valence-electron chi connectivity index (χ1n) is 11.5. The summed E-state index contributed by atoms with van der Waals surface area (Å²) in [4.78, 5) is 15.3. The zero-order chi connectivity index (χ0) is 25.6. The molecule has 0 radical (unpaired) electrons. The topological polar surface area (TPSA) is 122 Å². The Balaban J connectivity index is 1.22. The molecule has 2 aromatic heterocycles. The van der Waals surface area contributed by atoms with Crippen molar-refractivity contribution in [1.29, 1.82) is 0 Å². The van der Waals surface area contributed by atoms with Crippen molar-refractivity contribution in [3.05, 3.63) is 36.7 Å². The van der Waals surface area contributed by atoms with E-state index in [1.165, 1.54) is 6.20 Å². The first kappa shape index (κ1) is 26.4. The predicted molar refractivity (Wildman–Crippen MR) is 120 cm³/mol. The van der Waals surface area contributed by atoms with Crippen LogP contribution in [0.25, 0.3) is 0 Å². The monoisotopic (exact) mass is 514 g/mol. The van der Waals surface area contributed by atoms with Gasteiger partial charge in [-0.25, -0.2) is 9.97 Å². The summed E-state index contributed by atoms with van der Waals surface area (Å²) in [5.74, 6) is -0.234. The van der Waals surface area contributed by atoms with E-state index in [1.54, 1.807) is 32.4 Å². The molecule has 36 heavy (non-hydrogen) atoms. The van der Waals surface area contributed by atoms with Gasteiger partial charge in [0.15, 0.2) is 11.5 Å². The number of alkyl halides is 3. The largest absolute Gasteiger partial charge is 0.434 e. The third-order valence-electron chi connectivity index (χ3n) is 5.44. The summed E-state index contributed by atoms with van der Waals surface area (Å²) in [7, 11) is 0. The number of anilines is 2. The molecule has 2 aromatic rings. The molecule has 0 saturated carbocycles. The number of ether oxygens (including phenoxy) is 5. The molecule has 2 N–H and O–H groups in total. The van der Waals surface area contributed by atoms with Gasteiger partial charge in [0.05, 0.1) is 57.7 Å². The summed E-state index contributed by atoms with van der Waals surface area (Å²) in [6, 6.07) is -0.490. The number of halogens is 3. The van der Waals surface area contributed by atoms with Gasteiger partial charge in [0, 0.05) is 18.9 Å². The van der Waals surface area contributed by atoms with Crippen molar-refractivity contribution in [3.63, 3.8) is 0 Å². The van der Waals surface area contributed by atoms with Gasteiger partial charge in [-0.15, -0.1) is 0 Å². The van der Waals surface area contributed by atoms with E-state index in [1.807, 2.05) is 0 Å². The highest BCUT2D eigenvalue weighted by Gasteiger charge is 2.52. The Morgan fingerprint density at radius 1 is 1.00 bits per heavy atom. The van der Waals surface area contributed by atoms with Gasteiger partial charge in [-0.2, -0.15) is 13.2 Å². The van der Waals surface area contributed by atoms with Gasteiger partial charge in [0.2, 0.25) is 0 Å². The second kappa shape index (κ2) is 11.6. The second-order valence-corrected chi connectivity index (χ2v) is 8.68. The fraction of sp³-hybridized carbons (Fsp3) is 0.636. The van der Waals surface area contributed by atoms with Crippen LogP contribution in [0, 0.1) is 0 Å². The first-order valence-corrected chi connectivity index (χ1v) is 11.5. The van der Waals surface area contributed by atoms with Gasteiger partial charge < -0.3 is 34.3 Å². The Bertz CT molecular complexity index is 971. The molecule has 4 rings (SSSR count). The summed E-state index contributed by atoms with van der Waals surface area (Å²) in [5, 5.41) is 6.04. The minimum absolute atomic E-state index is 0.0221. The van der Waals surface area contributed by atoms with Crippen LogP contribution in [0.15, 0.2) is 31.0 Å². The fourth-order valence-electron chi connectivity index (χ4n) is 3.92. The lowest BCUT2D eigenvalue weighted by Crippen LogP contribution is -2.55. The van der Waals surface area contributed by atoms with E-state index in [2.05, 4.69) is 30.6 Å². The molecule has 2 saturated heterocycles. The third kappa shape index (κ3) is 7.20. The van der Waals surface area contributed by atoms with Crippen molar-refractivity contribution >= 4 is 11.6 Å². The van der Waals surface area contributed by atoms with Crippen LogP contribution in [0.4, 0.5) is 24.8 Å². The van der Waals surface area contributed by atoms with Gasteiger partial charge in [0.25, 0.3) is 0 Å². The van der Waals surface area contributed by atoms with Crippen molar-refractivity contribution in [2.24, 2.45) is 0 Å². The molecule has 4 heterocycles. The number of hydrogen-bond acceptors (Lipinski definition) is 11. The zero-order valence-electron chi connectivity index (χ0n) is 19.9. The van der Waals surface area contributed by atoms with Crippen LogP contribution in [0.3, 0.4) is 0 Å². The third-order valence-corrected chi connectivity index (χ3v) is 5.44. The average Bonchev–Trinajstić information content (AvgIpc) is 3.18. The van der Waals surface area contributed by atoms with Gasteiger partial charge in [-0.3, -0.25) is 9.97 Å². The van der Waals surface area contributed by atoms with E-state index in [-0.39, 0.29) is 19.0 Å². The van der Waals surface area contributed by atoms with Crippen molar-refractivity contribution in [2.45, 2.75) is 50.2 Å². The minimum Gasteiger partial charge on any atom is -0.377 e. The highest BCUT2D eigenvalue weighted by atomic mass is 19.4. The highest BCUT2D eigenvalue weighted by molar-refractivity contribution is 5.35. The molecule has 0 amide bonds. The molecule has 0 spiro atoms. The predicted octanol–water partition coefficient (Wildman–Crippen LogP) is 2.13. The Morgan fingerprint density at radius 3 is 2.56 bits per heavy atom. The van der Waals surface area contributed by atoms with Crippen LogP contribution in [-0.4, -0.2) is 89.7 Å². The fourth-order valence-corrected chi connectivity index (χ4v) is 3.92. The number of fused-ring (bicyclic) bond motifs is 1. The molecule has 0 aliphatic carbocycles. The number of rotatable bonds is 11. The first-order chi connectivity index (χ1) is 17.2. The normalized spacial score (nSPS) is 25.4. The number of aromatic nitrogens is 4. The van der Waals surface area contributed by atoms with Crippen LogP contribution >= 0.6 is 0 Å². The average molecular weight is 515 g/mol. The van der Waals surface area contributed by atoms with E-state index in [9.17, 15) is 13.2 Å². The molecule has 14 heteroatoms. The van der Waals surface area contributed by atoms with Crippen LogP contribution < -0.4 is 10.6 Å². The summed E-state index contributed by atoms with van der Waals surface area (Å²) >= 11 is 0. The highest BCUT2D eigenvalue weighted by Crippen LogP contribution is 2.36. The van der Waals surface area contributed by atoms with Crippen molar-refractivity contribution in [3.8, 4) is 0 Å². The molecule has 0 bridgehead atoms. The molecule has 0 unspecified atom stereocenters. The lowest BCUT2D eigenvalue weighted by molar-refractivity contribution is -0.160.